The van der Waals surface area contributed by atoms with Gasteiger partial charge in [0.1, 0.15) is 11.6 Å². The van der Waals surface area contributed by atoms with Gasteiger partial charge in [0.25, 0.3) is 0 Å². The van der Waals surface area contributed by atoms with E-state index in [4.69, 9.17) is 5.26 Å². The van der Waals surface area contributed by atoms with Crippen LogP contribution in [0.3, 0.4) is 0 Å². The molecule has 0 radical (unpaired) electrons. The van der Waals surface area contributed by atoms with E-state index in [0.29, 0.717) is 5.56 Å². The second-order valence-corrected chi connectivity index (χ2v) is 3.29. The molecule has 0 amide bonds. The fourth-order valence-electron chi connectivity index (χ4n) is 1.52. The summed E-state index contributed by atoms with van der Waals surface area (Å²) in [6, 6.07) is 12.2. The van der Waals surface area contributed by atoms with Crippen LogP contribution < -0.4 is 0 Å². The molecule has 0 spiro atoms. The van der Waals surface area contributed by atoms with Crippen molar-refractivity contribution in [1.82, 2.24) is 0 Å². The van der Waals surface area contributed by atoms with Crippen LogP contribution in [0.1, 0.15) is 5.56 Å². The zero-order valence-electron chi connectivity index (χ0n) is 8.24. The first-order chi connectivity index (χ1) is 7.72. The molecule has 0 fully saturated rings. The minimum Gasteiger partial charge on any atom is -0.206 e. The lowest BCUT2D eigenvalue weighted by atomic mass is 10.0. The lowest BCUT2D eigenvalue weighted by molar-refractivity contribution is 0.589. The minimum absolute atomic E-state index is 0.0188. The molecular formula is C13H7F2N. The molecule has 0 saturated heterocycles. The third-order valence-electron chi connectivity index (χ3n) is 2.23. The highest BCUT2D eigenvalue weighted by atomic mass is 19.1. The Bertz CT molecular complexity index is 533. The van der Waals surface area contributed by atoms with Gasteiger partial charge in [-0.1, -0.05) is 30.3 Å². The van der Waals surface area contributed by atoms with E-state index in [9.17, 15) is 8.78 Å². The summed E-state index contributed by atoms with van der Waals surface area (Å²) >= 11 is 0. The molecule has 3 heteroatoms. The smallest absolute Gasteiger partial charge is 0.135 e. The van der Waals surface area contributed by atoms with Crippen molar-refractivity contribution in [3.8, 4) is 17.2 Å². The Morgan fingerprint density at radius 2 is 1.50 bits per heavy atom. The van der Waals surface area contributed by atoms with E-state index in [1.807, 2.05) is 0 Å². The molecule has 78 valence electrons. The van der Waals surface area contributed by atoms with Gasteiger partial charge in [-0.15, -0.1) is 0 Å². The van der Waals surface area contributed by atoms with E-state index >= 15 is 0 Å². The van der Waals surface area contributed by atoms with Gasteiger partial charge >= 0.3 is 0 Å². The number of benzene rings is 2. The van der Waals surface area contributed by atoms with Gasteiger partial charge < -0.3 is 0 Å². The zero-order valence-corrected chi connectivity index (χ0v) is 8.24. The van der Waals surface area contributed by atoms with Gasteiger partial charge in [0.05, 0.1) is 17.2 Å². The van der Waals surface area contributed by atoms with E-state index in [1.54, 1.807) is 36.4 Å². The number of nitrogens with zero attached hydrogens (tertiary/aromatic N) is 1. The van der Waals surface area contributed by atoms with Crippen LogP contribution in [0.4, 0.5) is 8.78 Å². The number of hydrogen-bond donors (Lipinski definition) is 0. The van der Waals surface area contributed by atoms with Crippen LogP contribution in [0, 0.1) is 23.0 Å². The van der Waals surface area contributed by atoms with Crippen LogP contribution in [0.2, 0.25) is 0 Å². The van der Waals surface area contributed by atoms with Crippen LogP contribution >= 0.6 is 0 Å². The SMILES string of the molecule is N#Cc1cc(F)c(-c2ccccc2)c(F)c1. The highest BCUT2D eigenvalue weighted by molar-refractivity contribution is 5.65. The third kappa shape index (κ3) is 1.78. The van der Waals surface area contributed by atoms with Crippen molar-refractivity contribution in [1.29, 1.82) is 5.26 Å². The van der Waals surface area contributed by atoms with Gasteiger partial charge in [-0.3, -0.25) is 0 Å². The number of rotatable bonds is 1. The largest absolute Gasteiger partial charge is 0.206 e. The number of halogens is 2. The molecule has 0 N–H and O–H groups in total. The van der Waals surface area contributed by atoms with Crippen molar-refractivity contribution in [2.45, 2.75) is 0 Å². The normalized spacial score (nSPS) is 9.81. The Labute approximate surface area is 91.6 Å². The van der Waals surface area contributed by atoms with Gasteiger partial charge in [-0.05, 0) is 17.7 Å². The van der Waals surface area contributed by atoms with Crippen molar-refractivity contribution in [2.24, 2.45) is 0 Å². The van der Waals surface area contributed by atoms with Crippen LogP contribution in [0.15, 0.2) is 42.5 Å². The average Bonchev–Trinajstić information content (AvgIpc) is 2.29. The minimum atomic E-state index is -0.720. The van der Waals surface area contributed by atoms with Crippen molar-refractivity contribution in [3.05, 3.63) is 59.7 Å². The number of hydrogen-bond acceptors (Lipinski definition) is 1. The molecule has 16 heavy (non-hydrogen) atoms. The molecule has 0 bridgehead atoms. The molecule has 1 nitrogen and oxygen atoms in total. The van der Waals surface area contributed by atoms with Crippen molar-refractivity contribution in [3.63, 3.8) is 0 Å². The fraction of sp³-hybridized carbons (Fsp3) is 0. The van der Waals surface area contributed by atoms with Crippen molar-refractivity contribution >= 4 is 0 Å². The highest BCUT2D eigenvalue weighted by Gasteiger charge is 2.12. The molecule has 0 aliphatic rings. The van der Waals surface area contributed by atoms with Crippen LogP contribution in [0.5, 0.6) is 0 Å². The summed E-state index contributed by atoms with van der Waals surface area (Å²) in [7, 11) is 0. The maximum Gasteiger partial charge on any atom is 0.135 e. The molecular weight excluding hydrogens is 208 g/mol. The molecule has 0 aromatic heterocycles. The maximum absolute atomic E-state index is 13.6. The molecule has 0 atom stereocenters. The van der Waals surface area contributed by atoms with Gasteiger partial charge in [-0.2, -0.15) is 5.26 Å². The first-order valence-electron chi connectivity index (χ1n) is 4.67. The van der Waals surface area contributed by atoms with Crippen LogP contribution in [-0.2, 0) is 0 Å². The van der Waals surface area contributed by atoms with E-state index < -0.39 is 11.6 Å². The molecule has 0 aliphatic carbocycles. The molecule has 2 rings (SSSR count). The second kappa shape index (κ2) is 4.11. The van der Waals surface area contributed by atoms with Gasteiger partial charge in [0.2, 0.25) is 0 Å². The summed E-state index contributed by atoms with van der Waals surface area (Å²) in [6.45, 7) is 0. The first-order valence-corrected chi connectivity index (χ1v) is 4.67. The predicted octanol–water partition coefficient (Wildman–Crippen LogP) is 3.50. The van der Waals surface area contributed by atoms with Crippen molar-refractivity contribution in [2.75, 3.05) is 0 Å². The third-order valence-corrected chi connectivity index (χ3v) is 2.23. The molecule has 0 unspecified atom stereocenters. The summed E-state index contributed by atoms with van der Waals surface area (Å²) in [5.41, 5.74) is 0.344. The Morgan fingerprint density at radius 1 is 0.938 bits per heavy atom. The van der Waals surface area contributed by atoms with Gasteiger partial charge in [0, 0.05) is 0 Å². The van der Waals surface area contributed by atoms with Gasteiger partial charge in [0.15, 0.2) is 0 Å². The lowest BCUT2D eigenvalue weighted by Gasteiger charge is -2.05. The van der Waals surface area contributed by atoms with E-state index in [-0.39, 0.29) is 11.1 Å². The molecule has 0 saturated carbocycles. The second-order valence-electron chi connectivity index (χ2n) is 3.29. The standard InChI is InChI=1S/C13H7F2N/c14-11-6-9(8-16)7-12(15)13(11)10-4-2-1-3-5-10/h1-7H. The summed E-state index contributed by atoms with van der Waals surface area (Å²) in [5, 5.41) is 8.56. The highest BCUT2D eigenvalue weighted by Crippen LogP contribution is 2.26. The van der Waals surface area contributed by atoms with E-state index in [0.717, 1.165) is 12.1 Å². The predicted molar refractivity (Wildman–Crippen MR) is 56.5 cm³/mol. The first kappa shape index (κ1) is 10.3. The number of nitriles is 1. The monoisotopic (exact) mass is 215 g/mol. The van der Waals surface area contributed by atoms with E-state index in [2.05, 4.69) is 0 Å². The topological polar surface area (TPSA) is 23.8 Å². The molecule has 0 heterocycles. The molecule has 0 aliphatic heterocycles. The lowest BCUT2D eigenvalue weighted by Crippen LogP contribution is -1.91. The summed E-state index contributed by atoms with van der Waals surface area (Å²) in [4.78, 5) is 0. The molecule has 2 aromatic carbocycles. The fourth-order valence-corrected chi connectivity index (χ4v) is 1.52. The van der Waals surface area contributed by atoms with E-state index in [1.165, 1.54) is 0 Å². The van der Waals surface area contributed by atoms with Crippen LogP contribution in [0.25, 0.3) is 11.1 Å². The zero-order chi connectivity index (χ0) is 11.5. The Hall–Kier alpha value is -2.21. The van der Waals surface area contributed by atoms with Crippen LogP contribution in [-0.4, -0.2) is 0 Å². The summed E-state index contributed by atoms with van der Waals surface area (Å²) in [6.07, 6.45) is 0. The Morgan fingerprint density at radius 3 is 2.00 bits per heavy atom. The Balaban J connectivity index is 2.64. The summed E-state index contributed by atoms with van der Waals surface area (Å²) < 4.78 is 27.2. The molecule has 2 aromatic rings. The quantitative estimate of drug-likeness (QED) is 0.714. The Kier molecular flexibility index (Phi) is 2.65. The summed E-state index contributed by atoms with van der Waals surface area (Å²) in [5.74, 6) is -1.44. The average molecular weight is 215 g/mol. The van der Waals surface area contributed by atoms with Gasteiger partial charge in [-0.25, -0.2) is 8.78 Å². The maximum atomic E-state index is 13.6. The van der Waals surface area contributed by atoms with Crippen molar-refractivity contribution < 1.29 is 8.78 Å².